The number of carbonyl (C=O) groups excluding carboxylic acids is 1. The number of nitrogens with one attached hydrogen (secondary N) is 1. The van der Waals surface area contributed by atoms with Crippen LogP contribution in [0.15, 0.2) is 54.6 Å². The van der Waals surface area contributed by atoms with E-state index in [-0.39, 0.29) is 35.8 Å². The van der Waals surface area contributed by atoms with Crippen molar-refractivity contribution < 1.29 is 17.9 Å². The molecule has 0 radical (unpaired) electrons. The zero-order valence-electron chi connectivity index (χ0n) is 16.0. The molecule has 0 aromatic heterocycles. The van der Waals surface area contributed by atoms with E-state index in [2.05, 4.69) is 5.32 Å². The van der Waals surface area contributed by atoms with Crippen LogP contribution < -0.4 is 10.1 Å². The summed E-state index contributed by atoms with van der Waals surface area (Å²) in [5, 5.41) is 2.86. The van der Waals surface area contributed by atoms with E-state index in [1.54, 1.807) is 0 Å². The van der Waals surface area contributed by atoms with Crippen molar-refractivity contribution >= 4 is 15.7 Å². The molecule has 1 N–H and O–H groups in total. The zero-order chi connectivity index (χ0) is 19.9. The number of rotatable bonds is 9. The van der Waals surface area contributed by atoms with Gasteiger partial charge in [-0.2, -0.15) is 0 Å². The molecule has 0 bridgehead atoms. The molecule has 2 rings (SSSR count). The minimum absolute atomic E-state index is 0.0406. The molecule has 27 heavy (non-hydrogen) atoms. The first kappa shape index (κ1) is 21.0. The Morgan fingerprint density at radius 3 is 2.30 bits per heavy atom. The summed E-state index contributed by atoms with van der Waals surface area (Å²) in [4.78, 5) is 12.2. The number of hydrogen-bond acceptors (Lipinski definition) is 4. The van der Waals surface area contributed by atoms with Crippen LogP contribution in [0.4, 0.5) is 0 Å². The average molecular weight is 390 g/mol. The summed E-state index contributed by atoms with van der Waals surface area (Å²) in [6.45, 7) is 5.56. The molecule has 6 heteroatoms. The van der Waals surface area contributed by atoms with Crippen LogP contribution >= 0.6 is 0 Å². The molecule has 0 saturated carbocycles. The van der Waals surface area contributed by atoms with Crippen molar-refractivity contribution in [2.24, 2.45) is 5.92 Å². The van der Waals surface area contributed by atoms with Crippen LogP contribution in [0, 0.1) is 5.92 Å². The average Bonchev–Trinajstić information content (AvgIpc) is 2.60. The van der Waals surface area contributed by atoms with Crippen LogP contribution in [0.3, 0.4) is 0 Å². The molecule has 0 spiro atoms. The lowest BCUT2D eigenvalue weighted by Crippen LogP contribution is -2.29. The van der Waals surface area contributed by atoms with Crippen molar-refractivity contribution in [1.29, 1.82) is 0 Å². The Labute approximate surface area is 161 Å². The van der Waals surface area contributed by atoms with Crippen molar-refractivity contribution in [3.8, 4) is 11.5 Å². The molecule has 2 aromatic carbocycles. The predicted octanol–water partition coefficient (Wildman–Crippen LogP) is 4.12. The zero-order valence-corrected chi connectivity index (χ0v) is 16.8. The summed E-state index contributed by atoms with van der Waals surface area (Å²) < 4.78 is 29.8. The molecular formula is C21H27NO4S. The highest BCUT2D eigenvalue weighted by molar-refractivity contribution is 7.91. The maximum Gasteiger partial charge on any atom is 0.221 e. The summed E-state index contributed by atoms with van der Waals surface area (Å²) in [6.07, 6.45) is -0.0406. The van der Waals surface area contributed by atoms with Gasteiger partial charge in [0.2, 0.25) is 5.91 Å². The lowest BCUT2D eigenvalue weighted by molar-refractivity contribution is -0.121. The Morgan fingerprint density at radius 1 is 1.00 bits per heavy atom. The van der Waals surface area contributed by atoms with Gasteiger partial charge in [0.05, 0.1) is 17.5 Å². The molecule has 1 amide bonds. The highest BCUT2D eigenvalue weighted by Crippen LogP contribution is 2.29. The number of ether oxygens (including phenoxy) is 1. The fourth-order valence-electron chi connectivity index (χ4n) is 2.78. The lowest BCUT2D eigenvalue weighted by atomic mass is 10.1. The Bertz CT molecular complexity index is 847. The van der Waals surface area contributed by atoms with Gasteiger partial charge in [-0.05, 0) is 31.0 Å². The molecule has 0 aliphatic rings. The van der Waals surface area contributed by atoms with Crippen LogP contribution in [0.1, 0.15) is 38.8 Å². The monoisotopic (exact) mass is 389 g/mol. The van der Waals surface area contributed by atoms with Crippen LogP contribution in [-0.4, -0.2) is 25.8 Å². The minimum atomic E-state index is -3.21. The number of sulfone groups is 1. The fraction of sp³-hybridized carbons (Fsp3) is 0.381. The number of amides is 1. The van der Waals surface area contributed by atoms with Crippen LogP contribution in [0.5, 0.6) is 11.5 Å². The van der Waals surface area contributed by atoms with Crippen LogP contribution in [0.25, 0.3) is 0 Å². The normalized spacial score (nSPS) is 12.6. The Kier molecular flexibility index (Phi) is 7.42. The SMILES string of the molecule is CC(C)CS(=O)(=O)CCC(=O)NC(C)c1ccccc1Oc1ccccc1. The molecule has 5 nitrogen and oxygen atoms in total. The van der Waals surface area contributed by atoms with Gasteiger partial charge in [-0.1, -0.05) is 50.2 Å². The molecule has 0 heterocycles. The second-order valence-electron chi connectivity index (χ2n) is 7.00. The standard InChI is InChI=1S/C21H27NO4S/c1-16(2)15-27(24,25)14-13-21(23)22-17(3)19-11-7-8-12-20(19)26-18-9-5-4-6-10-18/h4-12,16-17H,13-15H2,1-3H3,(H,22,23). The third-order valence-corrected chi connectivity index (χ3v) is 5.96. The van der Waals surface area contributed by atoms with Gasteiger partial charge in [-0.25, -0.2) is 8.42 Å². The summed E-state index contributed by atoms with van der Waals surface area (Å²) in [6, 6.07) is 16.6. The minimum Gasteiger partial charge on any atom is -0.457 e. The predicted molar refractivity (Wildman–Crippen MR) is 108 cm³/mol. The maximum atomic E-state index is 12.2. The van der Waals surface area contributed by atoms with Crippen molar-refractivity contribution in [1.82, 2.24) is 5.32 Å². The van der Waals surface area contributed by atoms with Crippen LogP contribution in [-0.2, 0) is 14.6 Å². The van der Waals surface area contributed by atoms with Crippen molar-refractivity contribution in [2.45, 2.75) is 33.2 Å². The first-order chi connectivity index (χ1) is 12.8. The molecule has 1 atom stereocenters. The van der Waals surface area contributed by atoms with Crippen molar-refractivity contribution in [3.05, 3.63) is 60.2 Å². The van der Waals surface area contributed by atoms with Crippen molar-refractivity contribution in [2.75, 3.05) is 11.5 Å². The van der Waals surface area contributed by atoms with Gasteiger partial charge in [0.25, 0.3) is 0 Å². The van der Waals surface area contributed by atoms with Gasteiger partial charge >= 0.3 is 0 Å². The van der Waals surface area contributed by atoms with Gasteiger partial charge in [0, 0.05) is 12.0 Å². The first-order valence-corrected chi connectivity index (χ1v) is 10.9. The summed E-state index contributed by atoms with van der Waals surface area (Å²) in [5.41, 5.74) is 0.833. The second kappa shape index (κ2) is 9.55. The largest absolute Gasteiger partial charge is 0.457 e. The quantitative estimate of drug-likeness (QED) is 0.700. The van der Waals surface area contributed by atoms with E-state index in [1.807, 2.05) is 75.4 Å². The number of hydrogen-bond donors (Lipinski definition) is 1. The van der Waals surface area contributed by atoms with Crippen molar-refractivity contribution in [3.63, 3.8) is 0 Å². The van der Waals surface area contributed by atoms with Crippen LogP contribution in [0.2, 0.25) is 0 Å². The Morgan fingerprint density at radius 2 is 1.63 bits per heavy atom. The van der Waals surface area contributed by atoms with Gasteiger partial charge in [-0.3, -0.25) is 4.79 Å². The second-order valence-corrected chi connectivity index (χ2v) is 9.23. The summed E-state index contributed by atoms with van der Waals surface area (Å²) in [5.74, 6) is 1.10. The Balaban J connectivity index is 1.99. The topological polar surface area (TPSA) is 72.5 Å². The molecule has 0 aliphatic carbocycles. The summed E-state index contributed by atoms with van der Waals surface area (Å²) >= 11 is 0. The molecule has 1 unspecified atom stereocenters. The van der Waals surface area contributed by atoms with E-state index in [9.17, 15) is 13.2 Å². The third-order valence-electron chi connectivity index (χ3n) is 3.96. The van der Waals surface area contributed by atoms with Gasteiger partial charge in [0.1, 0.15) is 11.5 Å². The number of para-hydroxylation sites is 2. The van der Waals surface area contributed by atoms with E-state index < -0.39 is 9.84 Å². The fourth-order valence-corrected chi connectivity index (χ4v) is 4.46. The van der Waals surface area contributed by atoms with E-state index in [1.165, 1.54) is 0 Å². The molecule has 0 fully saturated rings. The number of benzene rings is 2. The Hall–Kier alpha value is -2.34. The molecule has 146 valence electrons. The third kappa shape index (κ3) is 7.06. The highest BCUT2D eigenvalue weighted by Gasteiger charge is 2.18. The van der Waals surface area contributed by atoms with Gasteiger partial charge in [-0.15, -0.1) is 0 Å². The molecule has 2 aromatic rings. The van der Waals surface area contributed by atoms with E-state index in [4.69, 9.17) is 4.74 Å². The number of carbonyl (C=O) groups is 1. The molecule has 0 aliphatic heterocycles. The van der Waals surface area contributed by atoms with E-state index in [0.29, 0.717) is 11.5 Å². The lowest BCUT2D eigenvalue weighted by Gasteiger charge is -2.18. The van der Waals surface area contributed by atoms with Gasteiger partial charge < -0.3 is 10.1 Å². The van der Waals surface area contributed by atoms with E-state index in [0.717, 1.165) is 5.56 Å². The smallest absolute Gasteiger partial charge is 0.221 e. The first-order valence-electron chi connectivity index (χ1n) is 9.08. The highest BCUT2D eigenvalue weighted by atomic mass is 32.2. The van der Waals surface area contributed by atoms with E-state index >= 15 is 0 Å². The summed E-state index contributed by atoms with van der Waals surface area (Å²) in [7, 11) is -3.21. The maximum absolute atomic E-state index is 12.2. The molecule has 0 saturated heterocycles. The molecular weight excluding hydrogens is 362 g/mol. The van der Waals surface area contributed by atoms with Gasteiger partial charge in [0.15, 0.2) is 9.84 Å².